The van der Waals surface area contributed by atoms with Crippen LogP contribution in [-0.2, 0) is 19.1 Å². The van der Waals surface area contributed by atoms with Gasteiger partial charge in [-0.3, -0.25) is 9.59 Å². The minimum Gasteiger partial charge on any atom is -0.388 e. The van der Waals surface area contributed by atoms with Crippen molar-refractivity contribution in [3.8, 4) is 0 Å². The Morgan fingerprint density at radius 2 is 2.00 bits per heavy atom. The lowest BCUT2D eigenvalue weighted by Gasteiger charge is -2.49. The molecule has 2 N–H and O–H groups in total. The molecule has 0 aromatic rings. The summed E-state index contributed by atoms with van der Waals surface area (Å²) in [5.41, 5.74) is -1.16. The molecule has 0 radical (unpaired) electrons. The van der Waals surface area contributed by atoms with Crippen LogP contribution in [0, 0.1) is 29.1 Å². The first-order valence-electron chi connectivity index (χ1n) is 10.7. The highest BCUT2D eigenvalue weighted by molar-refractivity contribution is 6.09. The summed E-state index contributed by atoms with van der Waals surface area (Å²) in [7, 11) is 1.59. The standard InChI is InChI=1S/C23H33NO5/c1-11-8-7-9-15-19(26)13(3)12(2)18-14(4)24-21(27)23(15,18)16(25)10-17(28-6)22(5)20(11)29-22/h7,9,11-12,14-15,17-20,26H,3,8,10H2,1-2,4-6H3,(H,24,27). The number of epoxide rings is 1. The lowest BCUT2D eigenvalue weighted by molar-refractivity contribution is -0.153. The number of hydrogen-bond donors (Lipinski definition) is 2. The average molecular weight is 404 g/mol. The van der Waals surface area contributed by atoms with E-state index in [-0.39, 0.29) is 48.0 Å². The first-order valence-corrected chi connectivity index (χ1v) is 10.7. The first kappa shape index (κ1) is 20.8. The fourth-order valence-corrected chi connectivity index (χ4v) is 6.50. The lowest BCUT2D eigenvalue weighted by Crippen LogP contribution is -2.59. The number of carbonyl (C=O) groups is 2. The number of aliphatic hydroxyl groups excluding tert-OH is 1. The zero-order chi connectivity index (χ0) is 21.3. The highest BCUT2D eigenvalue weighted by atomic mass is 16.6. The van der Waals surface area contributed by atoms with Crippen molar-refractivity contribution in [2.24, 2.45) is 29.1 Å². The molecule has 1 spiro atoms. The van der Waals surface area contributed by atoms with Crippen LogP contribution in [0.25, 0.3) is 0 Å². The van der Waals surface area contributed by atoms with Crippen LogP contribution in [0.1, 0.15) is 40.5 Å². The van der Waals surface area contributed by atoms with Gasteiger partial charge in [0.05, 0.1) is 18.3 Å². The molecule has 0 aromatic carbocycles. The molecule has 10 atom stereocenters. The maximum Gasteiger partial charge on any atom is 0.235 e. The number of fused-ring (bicyclic) bond motifs is 1. The summed E-state index contributed by atoms with van der Waals surface area (Å²) in [6, 6.07) is -0.174. The molecule has 2 saturated heterocycles. The van der Waals surface area contributed by atoms with Crippen molar-refractivity contribution in [1.82, 2.24) is 5.32 Å². The Bertz CT molecular complexity index is 777. The molecular formula is C23H33NO5. The SMILES string of the molecule is C=C1C(C)C2C(C)NC(=O)C23C(=O)CC(OC)C2(C)OC2C(C)CC=CC3C1O. The number of aliphatic hydroxyl groups is 1. The molecule has 4 aliphatic rings. The molecule has 6 nitrogen and oxygen atoms in total. The van der Waals surface area contributed by atoms with Gasteiger partial charge in [0.15, 0.2) is 5.78 Å². The summed E-state index contributed by atoms with van der Waals surface area (Å²) in [6.45, 7) is 12.1. The number of ether oxygens (including phenoxy) is 2. The average Bonchev–Trinajstić information content (AvgIpc) is 3.29. The Morgan fingerprint density at radius 1 is 1.31 bits per heavy atom. The van der Waals surface area contributed by atoms with Gasteiger partial charge in [0.25, 0.3) is 0 Å². The summed E-state index contributed by atoms with van der Waals surface area (Å²) in [6.07, 6.45) is 3.35. The fourth-order valence-electron chi connectivity index (χ4n) is 6.50. The zero-order valence-electron chi connectivity index (χ0n) is 18.0. The summed E-state index contributed by atoms with van der Waals surface area (Å²) in [5, 5.41) is 14.1. The minimum atomic E-state index is -1.32. The smallest absolute Gasteiger partial charge is 0.235 e. The van der Waals surface area contributed by atoms with Crippen LogP contribution in [0.5, 0.6) is 0 Å². The topological polar surface area (TPSA) is 88.2 Å². The van der Waals surface area contributed by atoms with Crippen LogP contribution in [0.3, 0.4) is 0 Å². The van der Waals surface area contributed by atoms with Crippen molar-refractivity contribution < 1.29 is 24.2 Å². The molecule has 29 heavy (non-hydrogen) atoms. The molecule has 0 bridgehead atoms. The van der Waals surface area contributed by atoms with Crippen LogP contribution in [-0.4, -0.2) is 53.9 Å². The van der Waals surface area contributed by atoms with E-state index in [1.165, 1.54) is 0 Å². The van der Waals surface area contributed by atoms with E-state index < -0.39 is 29.1 Å². The van der Waals surface area contributed by atoms with E-state index >= 15 is 0 Å². The van der Waals surface area contributed by atoms with Gasteiger partial charge in [-0.2, -0.15) is 0 Å². The molecule has 3 fully saturated rings. The largest absolute Gasteiger partial charge is 0.388 e. The van der Waals surface area contributed by atoms with Crippen LogP contribution < -0.4 is 5.32 Å². The van der Waals surface area contributed by atoms with Crippen molar-refractivity contribution in [2.75, 3.05) is 7.11 Å². The third-order valence-corrected chi connectivity index (χ3v) is 8.18. The summed E-state index contributed by atoms with van der Waals surface area (Å²) in [4.78, 5) is 27.3. The third kappa shape index (κ3) is 2.65. The van der Waals surface area contributed by atoms with E-state index in [4.69, 9.17) is 9.47 Å². The Kier molecular flexibility index (Phi) is 4.84. The van der Waals surface area contributed by atoms with Crippen LogP contribution in [0.2, 0.25) is 0 Å². The number of carbonyl (C=O) groups excluding carboxylic acids is 2. The van der Waals surface area contributed by atoms with Gasteiger partial charge in [0.2, 0.25) is 5.91 Å². The highest BCUT2D eigenvalue weighted by Gasteiger charge is 2.69. The second-order valence-electron chi connectivity index (χ2n) is 9.71. The molecule has 10 unspecified atom stereocenters. The van der Waals surface area contributed by atoms with E-state index in [1.807, 2.05) is 32.9 Å². The van der Waals surface area contributed by atoms with Gasteiger partial charge >= 0.3 is 0 Å². The Hall–Kier alpha value is -1.50. The molecule has 2 aliphatic carbocycles. The van der Waals surface area contributed by atoms with Crippen molar-refractivity contribution in [3.63, 3.8) is 0 Å². The predicted octanol–water partition coefficient (Wildman–Crippen LogP) is 2.02. The minimum absolute atomic E-state index is 0.00784. The normalized spacial score (nSPS) is 52.1. The Morgan fingerprint density at radius 3 is 2.66 bits per heavy atom. The van der Waals surface area contributed by atoms with Gasteiger partial charge in [0.1, 0.15) is 11.0 Å². The summed E-state index contributed by atoms with van der Waals surface area (Å²) >= 11 is 0. The van der Waals surface area contributed by atoms with Gasteiger partial charge in [-0.15, -0.1) is 0 Å². The van der Waals surface area contributed by atoms with Gasteiger partial charge in [-0.1, -0.05) is 32.6 Å². The van der Waals surface area contributed by atoms with Crippen molar-refractivity contribution >= 4 is 11.7 Å². The monoisotopic (exact) mass is 403 g/mol. The lowest BCUT2D eigenvalue weighted by atomic mass is 9.52. The van der Waals surface area contributed by atoms with Crippen molar-refractivity contribution in [3.05, 3.63) is 24.3 Å². The fraction of sp³-hybridized carbons (Fsp3) is 0.739. The molecule has 1 amide bonds. The Labute approximate surface area is 172 Å². The first-order chi connectivity index (χ1) is 13.6. The second kappa shape index (κ2) is 6.76. The van der Waals surface area contributed by atoms with E-state index in [9.17, 15) is 14.7 Å². The van der Waals surface area contributed by atoms with Crippen LogP contribution in [0.15, 0.2) is 24.3 Å². The van der Waals surface area contributed by atoms with Crippen molar-refractivity contribution in [1.29, 1.82) is 0 Å². The van der Waals surface area contributed by atoms with E-state index in [2.05, 4.69) is 18.8 Å². The number of methoxy groups -OCH3 is 1. The van der Waals surface area contributed by atoms with Gasteiger partial charge in [-0.05, 0) is 37.7 Å². The maximum absolute atomic E-state index is 13.9. The predicted molar refractivity (Wildman–Crippen MR) is 108 cm³/mol. The molecular weight excluding hydrogens is 370 g/mol. The number of rotatable bonds is 1. The van der Waals surface area contributed by atoms with Crippen molar-refractivity contribution in [2.45, 2.75) is 70.5 Å². The maximum atomic E-state index is 13.9. The number of ketones is 1. The van der Waals surface area contributed by atoms with E-state index in [0.29, 0.717) is 5.57 Å². The molecule has 160 valence electrons. The molecule has 6 heteroatoms. The number of Topliss-reactive ketones (excluding diaryl/α,β-unsaturated/α-hetero) is 1. The molecule has 1 saturated carbocycles. The highest BCUT2D eigenvalue weighted by Crippen LogP contribution is 2.57. The van der Waals surface area contributed by atoms with Crippen LogP contribution >= 0.6 is 0 Å². The van der Waals surface area contributed by atoms with Gasteiger partial charge in [-0.25, -0.2) is 0 Å². The summed E-state index contributed by atoms with van der Waals surface area (Å²) in [5.74, 6) is -1.25. The number of nitrogens with one attached hydrogen (secondary N) is 1. The second-order valence-corrected chi connectivity index (χ2v) is 9.71. The van der Waals surface area contributed by atoms with Gasteiger partial charge in [0, 0.05) is 31.4 Å². The molecule has 2 aliphatic heterocycles. The number of allylic oxidation sites excluding steroid dienone is 1. The third-order valence-electron chi connectivity index (χ3n) is 8.18. The number of hydrogen-bond acceptors (Lipinski definition) is 5. The molecule has 0 aromatic heterocycles. The van der Waals surface area contributed by atoms with Gasteiger partial charge < -0.3 is 19.9 Å². The molecule has 4 rings (SSSR count). The van der Waals surface area contributed by atoms with Crippen LogP contribution in [0.4, 0.5) is 0 Å². The Balaban J connectivity index is 1.86. The number of amides is 1. The molecule has 2 heterocycles. The zero-order valence-corrected chi connectivity index (χ0v) is 18.0. The van der Waals surface area contributed by atoms with E-state index in [0.717, 1.165) is 6.42 Å². The quantitative estimate of drug-likeness (QED) is 0.397. The van der Waals surface area contributed by atoms with E-state index in [1.54, 1.807) is 7.11 Å². The summed E-state index contributed by atoms with van der Waals surface area (Å²) < 4.78 is 11.7.